The number of hydrogen-bond acceptors (Lipinski definition) is 2. The lowest BCUT2D eigenvalue weighted by atomic mass is 9.87. The van der Waals surface area contributed by atoms with Crippen LogP contribution in [0, 0.1) is 0 Å². The van der Waals surface area contributed by atoms with Gasteiger partial charge in [-0.1, -0.05) is 66.7 Å². The number of aliphatic hydroxyl groups excluding tert-OH is 1. The van der Waals surface area contributed by atoms with E-state index in [2.05, 4.69) is 6.58 Å². The van der Waals surface area contributed by atoms with Crippen molar-refractivity contribution in [3.8, 4) is 0 Å². The molecule has 0 unspecified atom stereocenters. The standard InChI is InChI=1S/C17H18O2/c1-2-13-19-17(14-18,15-9-5-3-6-10-15)16-11-7-4-8-12-16/h2-12,18H,1,13-14H2. The fraction of sp³-hybridized carbons (Fsp3) is 0.176. The highest BCUT2D eigenvalue weighted by Gasteiger charge is 2.34. The number of ether oxygens (including phenoxy) is 1. The van der Waals surface area contributed by atoms with Crippen molar-refractivity contribution < 1.29 is 9.84 Å². The van der Waals surface area contributed by atoms with Crippen molar-refractivity contribution in [1.82, 2.24) is 0 Å². The highest BCUT2D eigenvalue weighted by Crippen LogP contribution is 2.33. The average Bonchev–Trinajstić information content (AvgIpc) is 2.51. The fourth-order valence-electron chi connectivity index (χ4n) is 2.18. The van der Waals surface area contributed by atoms with E-state index in [1.807, 2.05) is 60.7 Å². The van der Waals surface area contributed by atoms with Crippen molar-refractivity contribution >= 4 is 0 Å². The molecule has 0 heterocycles. The Labute approximate surface area is 114 Å². The number of aliphatic hydroxyl groups is 1. The van der Waals surface area contributed by atoms with E-state index >= 15 is 0 Å². The maximum atomic E-state index is 9.95. The predicted molar refractivity (Wildman–Crippen MR) is 76.9 cm³/mol. The van der Waals surface area contributed by atoms with E-state index in [4.69, 9.17) is 4.74 Å². The minimum Gasteiger partial charge on any atom is -0.393 e. The van der Waals surface area contributed by atoms with Gasteiger partial charge < -0.3 is 9.84 Å². The van der Waals surface area contributed by atoms with E-state index in [0.29, 0.717) is 6.61 Å². The summed E-state index contributed by atoms with van der Waals surface area (Å²) in [5, 5.41) is 9.95. The highest BCUT2D eigenvalue weighted by atomic mass is 16.5. The molecule has 0 amide bonds. The van der Waals surface area contributed by atoms with Crippen LogP contribution < -0.4 is 0 Å². The maximum Gasteiger partial charge on any atom is 0.141 e. The lowest BCUT2D eigenvalue weighted by molar-refractivity contribution is -0.0424. The summed E-state index contributed by atoms with van der Waals surface area (Å²) in [5.74, 6) is 0. The number of hydrogen-bond donors (Lipinski definition) is 1. The Balaban J connectivity index is 2.51. The molecule has 2 nitrogen and oxygen atoms in total. The molecule has 0 aliphatic carbocycles. The molecule has 19 heavy (non-hydrogen) atoms. The average molecular weight is 254 g/mol. The summed E-state index contributed by atoms with van der Waals surface area (Å²) in [4.78, 5) is 0. The van der Waals surface area contributed by atoms with Gasteiger partial charge >= 0.3 is 0 Å². The van der Waals surface area contributed by atoms with Crippen LogP contribution in [-0.4, -0.2) is 18.3 Å². The highest BCUT2D eigenvalue weighted by molar-refractivity contribution is 5.36. The van der Waals surface area contributed by atoms with Gasteiger partial charge in [0.2, 0.25) is 0 Å². The zero-order valence-corrected chi connectivity index (χ0v) is 10.8. The van der Waals surface area contributed by atoms with Crippen molar-refractivity contribution in [3.63, 3.8) is 0 Å². The molecule has 0 aliphatic heterocycles. The van der Waals surface area contributed by atoms with Crippen molar-refractivity contribution in [3.05, 3.63) is 84.4 Å². The van der Waals surface area contributed by atoms with Crippen LogP contribution in [0.2, 0.25) is 0 Å². The molecular formula is C17H18O2. The van der Waals surface area contributed by atoms with Crippen molar-refractivity contribution in [2.24, 2.45) is 0 Å². The third-order valence-electron chi connectivity index (χ3n) is 3.15. The van der Waals surface area contributed by atoms with Gasteiger partial charge in [0.25, 0.3) is 0 Å². The minimum absolute atomic E-state index is 0.116. The topological polar surface area (TPSA) is 29.5 Å². The third kappa shape index (κ3) is 2.75. The first-order valence-electron chi connectivity index (χ1n) is 6.30. The van der Waals surface area contributed by atoms with E-state index in [1.165, 1.54) is 0 Å². The molecule has 0 aliphatic rings. The summed E-state index contributed by atoms with van der Waals surface area (Å²) < 4.78 is 5.93. The molecule has 0 aromatic heterocycles. The van der Waals surface area contributed by atoms with Crippen molar-refractivity contribution in [2.45, 2.75) is 5.60 Å². The van der Waals surface area contributed by atoms with E-state index in [-0.39, 0.29) is 6.61 Å². The Hall–Kier alpha value is -1.90. The van der Waals surface area contributed by atoms with Gasteiger partial charge in [-0.3, -0.25) is 0 Å². The van der Waals surface area contributed by atoms with E-state index < -0.39 is 5.60 Å². The maximum absolute atomic E-state index is 9.95. The second-order valence-electron chi connectivity index (χ2n) is 4.32. The summed E-state index contributed by atoms with van der Waals surface area (Å²) in [6.45, 7) is 3.94. The van der Waals surface area contributed by atoms with Crippen molar-refractivity contribution in [1.29, 1.82) is 0 Å². The third-order valence-corrected chi connectivity index (χ3v) is 3.15. The largest absolute Gasteiger partial charge is 0.393 e. The van der Waals surface area contributed by atoms with Gasteiger partial charge in [0.1, 0.15) is 5.60 Å². The van der Waals surface area contributed by atoms with Gasteiger partial charge in [-0.25, -0.2) is 0 Å². The molecule has 2 rings (SSSR count). The van der Waals surface area contributed by atoms with E-state index in [1.54, 1.807) is 6.08 Å². The molecule has 0 atom stereocenters. The van der Waals surface area contributed by atoms with Crippen LogP contribution in [-0.2, 0) is 10.3 Å². The summed E-state index contributed by atoms with van der Waals surface area (Å²) in [6, 6.07) is 19.5. The second kappa shape index (κ2) is 6.32. The Kier molecular flexibility index (Phi) is 4.50. The summed E-state index contributed by atoms with van der Waals surface area (Å²) in [5.41, 5.74) is 1.03. The molecule has 0 spiro atoms. The number of benzene rings is 2. The van der Waals surface area contributed by atoms with Crippen LogP contribution in [0.15, 0.2) is 73.3 Å². The molecule has 1 N–H and O–H groups in total. The first-order chi connectivity index (χ1) is 9.33. The molecule has 2 aromatic carbocycles. The first kappa shape index (κ1) is 13.5. The molecule has 2 aromatic rings. The molecule has 0 bridgehead atoms. The number of rotatable bonds is 6. The normalized spacial score (nSPS) is 11.2. The molecule has 98 valence electrons. The van der Waals surface area contributed by atoms with Crippen LogP contribution in [0.5, 0.6) is 0 Å². The van der Waals surface area contributed by atoms with Crippen LogP contribution in [0.4, 0.5) is 0 Å². The van der Waals surface area contributed by atoms with Gasteiger partial charge in [-0.15, -0.1) is 6.58 Å². The Morgan fingerprint density at radius 2 is 1.42 bits per heavy atom. The smallest absolute Gasteiger partial charge is 0.141 e. The Morgan fingerprint density at radius 1 is 0.947 bits per heavy atom. The van der Waals surface area contributed by atoms with Gasteiger partial charge in [-0.05, 0) is 11.1 Å². The molecule has 2 heteroatoms. The molecule has 0 saturated heterocycles. The zero-order valence-electron chi connectivity index (χ0n) is 10.8. The van der Waals surface area contributed by atoms with Gasteiger partial charge in [0.15, 0.2) is 0 Å². The molecule has 0 saturated carbocycles. The van der Waals surface area contributed by atoms with Crippen LogP contribution >= 0.6 is 0 Å². The molecule has 0 radical (unpaired) electrons. The predicted octanol–water partition coefficient (Wildman–Crippen LogP) is 3.13. The summed E-state index contributed by atoms with van der Waals surface area (Å²) in [6.07, 6.45) is 1.69. The van der Waals surface area contributed by atoms with Crippen LogP contribution in [0.1, 0.15) is 11.1 Å². The Morgan fingerprint density at radius 3 is 1.79 bits per heavy atom. The van der Waals surface area contributed by atoms with Crippen LogP contribution in [0.25, 0.3) is 0 Å². The second-order valence-corrected chi connectivity index (χ2v) is 4.32. The lowest BCUT2D eigenvalue weighted by Crippen LogP contribution is -2.35. The monoisotopic (exact) mass is 254 g/mol. The summed E-state index contributed by atoms with van der Waals surface area (Å²) >= 11 is 0. The van der Waals surface area contributed by atoms with Crippen molar-refractivity contribution in [2.75, 3.05) is 13.2 Å². The van der Waals surface area contributed by atoms with Gasteiger partial charge in [0.05, 0.1) is 13.2 Å². The summed E-state index contributed by atoms with van der Waals surface area (Å²) in [7, 11) is 0. The first-order valence-corrected chi connectivity index (χ1v) is 6.30. The fourth-order valence-corrected chi connectivity index (χ4v) is 2.18. The molecule has 0 fully saturated rings. The van der Waals surface area contributed by atoms with Gasteiger partial charge in [-0.2, -0.15) is 0 Å². The minimum atomic E-state index is -0.837. The van der Waals surface area contributed by atoms with Gasteiger partial charge in [0, 0.05) is 0 Å². The van der Waals surface area contributed by atoms with E-state index in [9.17, 15) is 5.11 Å². The molecular weight excluding hydrogens is 236 g/mol. The van der Waals surface area contributed by atoms with E-state index in [0.717, 1.165) is 11.1 Å². The quantitative estimate of drug-likeness (QED) is 0.803. The SMILES string of the molecule is C=CCOC(CO)(c1ccccc1)c1ccccc1. The zero-order chi connectivity index (χ0) is 13.6. The van der Waals surface area contributed by atoms with Crippen LogP contribution in [0.3, 0.4) is 0 Å². The Bertz CT molecular complexity index is 466. The lowest BCUT2D eigenvalue weighted by Gasteiger charge is -2.33.